The summed E-state index contributed by atoms with van der Waals surface area (Å²) in [7, 11) is 0. The number of aliphatic hydroxyl groups is 2. The summed E-state index contributed by atoms with van der Waals surface area (Å²) in [4.78, 5) is 27.0. The SMILES string of the molecule is CC1(C)CCC(C)(C)c2cc(-c3cccc(N4CCN(CCCCCO)CC4)n3)ccc21.CC1(C)CCC(C)(C)c2cc(-c3cccc(N4CCNCC4)n3)ccc21.O=CCCCCO. The van der Waals surface area contributed by atoms with Crippen molar-refractivity contribution in [1.29, 1.82) is 0 Å². The fraction of sp³-hybridized carbons (Fsp3) is 0.589. The second kappa shape index (κ2) is 22.6. The summed E-state index contributed by atoms with van der Waals surface area (Å²) in [6, 6.07) is 27.0. The Morgan fingerprint density at radius 2 is 0.985 bits per heavy atom. The standard InChI is InChI=1S/C28H41N3O.C23H31N3.C5H10O2/c1-27(2)13-14-28(3,4)24-21-22(11-12-23(24)27)25-9-8-10-26(29-25)31-18-16-30(17-19-31)15-6-5-7-20-32;1-22(2)10-11-23(3,4)19-16-17(8-9-18(19)22)20-6-5-7-21(25-20)26-14-12-24-13-15-26;6-4-2-1-3-5-7/h8-12,21,32H,5-7,13-20H2,1-4H3;5-9,16,24H,10-15H2,1-4H3;4,7H,1-3,5H2. The van der Waals surface area contributed by atoms with Crippen molar-refractivity contribution in [3.63, 3.8) is 0 Å². The summed E-state index contributed by atoms with van der Waals surface area (Å²) in [6.45, 7) is 29.1. The Bertz CT molecular complexity index is 2130. The molecule has 0 atom stereocenters. The molecule has 2 aliphatic heterocycles. The quantitative estimate of drug-likeness (QED) is 0.0894. The third-order valence-electron chi connectivity index (χ3n) is 14.8. The van der Waals surface area contributed by atoms with Crippen molar-refractivity contribution >= 4 is 17.9 Å². The van der Waals surface area contributed by atoms with E-state index in [0.717, 1.165) is 114 Å². The number of anilines is 2. The number of carbonyl (C=O) groups excluding carboxylic acids is 1. The lowest BCUT2D eigenvalue weighted by Gasteiger charge is -2.42. The largest absolute Gasteiger partial charge is 0.396 e. The number of hydrogen-bond acceptors (Lipinski definition) is 9. The highest BCUT2D eigenvalue weighted by molar-refractivity contribution is 5.66. The maximum absolute atomic E-state index is 9.60. The van der Waals surface area contributed by atoms with Gasteiger partial charge in [0.1, 0.15) is 17.9 Å². The van der Waals surface area contributed by atoms with E-state index >= 15 is 0 Å². The van der Waals surface area contributed by atoms with Crippen molar-refractivity contribution in [1.82, 2.24) is 20.2 Å². The van der Waals surface area contributed by atoms with E-state index in [1.165, 1.54) is 65.5 Å². The van der Waals surface area contributed by atoms with Gasteiger partial charge in [-0.2, -0.15) is 0 Å². The third-order valence-corrected chi connectivity index (χ3v) is 14.8. The molecule has 3 N–H and O–H groups in total. The molecule has 4 heterocycles. The molecule has 0 unspecified atom stereocenters. The van der Waals surface area contributed by atoms with Gasteiger partial charge < -0.3 is 30.1 Å². The fourth-order valence-electron chi connectivity index (χ4n) is 10.1. The Balaban J connectivity index is 0.000000191. The van der Waals surface area contributed by atoms with E-state index in [1.807, 2.05) is 0 Å². The molecule has 0 saturated carbocycles. The first-order valence-corrected chi connectivity index (χ1v) is 24.9. The Morgan fingerprint density at radius 1 is 0.538 bits per heavy atom. The number of unbranched alkanes of at least 4 members (excludes halogenated alkanes) is 4. The third kappa shape index (κ3) is 13.1. The minimum absolute atomic E-state index is 0.202. The van der Waals surface area contributed by atoms with Crippen LogP contribution in [0.1, 0.15) is 142 Å². The minimum atomic E-state index is 0.202. The molecule has 2 aliphatic carbocycles. The van der Waals surface area contributed by atoms with Crippen LogP contribution in [0, 0.1) is 0 Å². The van der Waals surface area contributed by atoms with E-state index in [2.05, 4.69) is 148 Å². The summed E-state index contributed by atoms with van der Waals surface area (Å²) in [6.07, 6.45) is 11.2. The summed E-state index contributed by atoms with van der Waals surface area (Å²) < 4.78 is 0. The first-order valence-electron chi connectivity index (χ1n) is 24.9. The molecule has 4 aliphatic rings. The van der Waals surface area contributed by atoms with Crippen LogP contribution in [0.3, 0.4) is 0 Å². The number of nitrogens with zero attached hydrogens (tertiary/aromatic N) is 5. The Labute approximate surface area is 392 Å². The van der Waals surface area contributed by atoms with E-state index in [1.54, 1.807) is 0 Å². The van der Waals surface area contributed by atoms with Crippen LogP contribution in [0.2, 0.25) is 0 Å². The smallest absolute Gasteiger partial charge is 0.129 e. The summed E-state index contributed by atoms with van der Waals surface area (Å²) in [5, 5.41) is 20.5. The van der Waals surface area contributed by atoms with Gasteiger partial charge in [0.15, 0.2) is 0 Å². The zero-order valence-corrected chi connectivity index (χ0v) is 41.4. The number of carbonyl (C=O) groups is 1. The van der Waals surface area contributed by atoms with E-state index < -0.39 is 0 Å². The van der Waals surface area contributed by atoms with E-state index in [4.69, 9.17) is 20.2 Å². The Morgan fingerprint density at radius 3 is 1.45 bits per heavy atom. The number of rotatable bonds is 13. The number of aliphatic hydroxyl groups excluding tert-OH is 2. The van der Waals surface area contributed by atoms with E-state index in [-0.39, 0.29) is 28.3 Å². The highest BCUT2D eigenvalue weighted by Gasteiger charge is 2.38. The number of benzene rings is 2. The molecule has 4 aromatic rings. The maximum atomic E-state index is 9.60. The molecule has 9 heteroatoms. The van der Waals surface area contributed by atoms with Crippen molar-refractivity contribution in [2.75, 3.05) is 81.9 Å². The highest BCUT2D eigenvalue weighted by Crippen LogP contribution is 2.48. The molecule has 2 aromatic carbocycles. The number of nitrogens with one attached hydrogen (secondary N) is 1. The second-order valence-electron chi connectivity index (χ2n) is 21.6. The molecule has 65 heavy (non-hydrogen) atoms. The molecule has 0 spiro atoms. The van der Waals surface area contributed by atoms with Crippen LogP contribution in [0.5, 0.6) is 0 Å². The first-order chi connectivity index (χ1) is 31.1. The number of aromatic nitrogens is 2. The minimum Gasteiger partial charge on any atom is -0.396 e. The molecular weight excluding hydrogens is 805 g/mol. The lowest BCUT2D eigenvalue weighted by molar-refractivity contribution is -0.107. The summed E-state index contributed by atoms with van der Waals surface area (Å²) in [5.41, 5.74) is 11.6. The monoisotopic (exact) mass is 887 g/mol. The average molecular weight is 887 g/mol. The van der Waals surface area contributed by atoms with Gasteiger partial charge in [0, 0.05) is 83.1 Å². The highest BCUT2D eigenvalue weighted by atomic mass is 16.3. The number of hydrogen-bond donors (Lipinski definition) is 3. The van der Waals surface area contributed by atoms with Crippen molar-refractivity contribution in [2.24, 2.45) is 0 Å². The van der Waals surface area contributed by atoms with E-state index in [9.17, 15) is 4.79 Å². The maximum Gasteiger partial charge on any atom is 0.129 e. The van der Waals surface area contributed by atoms with Gasteiger partial charge in [-0.05, 0) is 145 Å². The van der Waals surface area contributed by atoms with Crippen LogP contribution in [-0.2, 0) is 26.5 Å². The Kier molecular flexibility index (Phi) is 17.4. The van der Waals surface area contributed by atoms with Crippen molar-refractivity contribution in [3.8, 4) is 22.5 Å². The van der Waals surface area contributed by atoms with Gasteiger partial charge in [0.2, 0.25) is 0 Å². The average Bonchev–Trinajstić information content (AvgIpc) is 3.32. The predicted octanol–water partition coefficient (Wildman–Crippen LogP) is 10.2. The normalized spacial score (nSPS) is 19.4. The molecule has 8 rings (SSSR count). The van der Waals surface area contributed by atoms with Gasteiger partial charge in [0.05, 0.1) is 11.4 Å². The van der Waals surface area contributed by atoms with Crippen molar-refractivity contribution < 1.29 is 15.0 Å². The number of fused-ring (bicyclic) bond motifs is 2. The van der Waals surface area contributed by atoms with Crippen molar-refractivity contribution in [2.45, 2.75) is 141 Å². The molecule has 0 bridgehead atoms. The van der Waals surface area contributed by atoms with E-state index in [0.29, 0.717) is 13.0 Å². The number of pyridine rings is 2. The number of piperazine rings is 2. The lowest BCUT2D eigenvalue weighted by Crippen LogP contribution is -2.46. The molecular formula is C56H82N6O3. The van der Waals surface area contributed by atoms with Crippen molar-refractivity contribution in [3.05, 3.63) is 95.1 Å². The zero-order valence-electron chi connectivity index (χ0n) is 41.4. The first kappa shape index (κ1) is 50.3. The predicted molar refractivity (Wildman–Crippen MR) is 272 cm³/mol. The van der Waals surface area contributed by atoms with Gasteiger partial charge in [0.25, 0.3) is 0 Å². The molecule has 0 radical (unpaired) electrons. The Hall–Kier alpha value is -4.15. The van der Waals surface area contributed by atoms with Gasteiger partial charge in [-0.3, -0.25) is 4.90 Å². The zero-order chi connectivity index (χ0) is 46.7. The second-order valence-corrected chi connectivity index (χ2v) is 21.6. The lowest BCUT2D eigenvalue weighted by atomic mass is 9.63. The topological polar surface area (TPSA) is 105 Å². The van der Waals surface area contributed by atoms with Crippen LogP contribution in [0.4, 0.5) is 11.6 Å². The van der Waals surface area contributed by atoms with Gasteiger partial charge in [-0.25, -0.2) is 9.97 Å². The number of aldehydes is 1. The van der Waals surface area contributed by atoms with Gasteiger partial charge in [-0.15, -0.1) is 0 Å². The molecule has 2 saturated heterocycles. The van der Waals surface area contributed by atoms with Crippen LogP contribution in [0.25, 0.3) is 22.5 Å². The van der Waals surface area contributed by atoms with Gasteiger partial charge >= 0.3 is 0 Å². The van der Waals surface area contributed by atoms with Crippen LogP contribution in [-0.4, -0.2) is 103 Å². The van der Waals surface area contributed by atoms with Crippen LogP contribution >= 0.6 is 0 Å². The summed E-state index contributed by atoms with van der Waals surface area (Å²) >= 11 is 0. The summed E-state index contributed by atoms with van der Waals surface area (Å²) in [5.74, 6) is 2.20. The molecule has 2 aromatic heterocycles. The van der Waals surface area contributed by atoms with Crippen LogP contribution < -0.4 is 15.1 Å². The van der Waals surface area contributed by atoms with Crippen LogP contribution in [0.15, 0.2) is 72.8 Å². The molecule has 354 valence electrons. The fourth-order valence-corrected chi connectivity index (χ4v) is 10.1. The molecule has 2 fully saturated rings. The van der Waals surface area contributed by atoms with Gasteiger partial charge in [-0.1, -0.05) is 91.8 Å². The molecule has 9 nitrogen and oxygen atoms in total. The molecule has 0 amide bonds.